The molecule has 0 aliphatic rings. The Morgan fingerprint density at radius 1 is 1.21 bits per heavy atom. The number of rotatable bonds is 3. The molecule has 0 amide bonds. The summed E-state index contributed by atoms with van der Waals surface area (Å²) in [6.07, 6.45) is 0. The second kappa shape index (κ2) is 5.86. The smallest absolute Gasteiger partial charge is 0.166 e. The van der Waals surface area contributed by atoms with Crippen LogP contribution in [-0.2, 0) is 0 Å². The molecular weight excluding hydrogens is 353 g/mol. The van der Waals surface area contributed by atoms with E-state index in [1.54, 1.807) is 24.3 Å². The van der Waals surface area contributed by atoms with Gasteiger partial charge in [-0.05, 0) is 36.4 Å². The van der Waals surface area contributed by atoms with Crippen molar-refractivity contribution in [3.8, 4) is 11.5 Å². The fraction of sp³-hybridized carbons (Fsp3) is 0. The van der Waals surface area contributed by atoms with Crippen LogP contribution in [0.1, 0.15) is 5.56 Å². The molecule has 2 nitrogen and oxygen atoms in total. The van der Waals surface area contributed by atoms with Crippen molar-refractivity contribution in [2.45, 2.75) is 0 Å². The average Bonchev–Trinajstić information content (AvgIpc) is 2.34. The lowest BCUT2D eigenvalue weighted by Crippen LogP contribution is -2.09. The topological polar surface area (TPSA) is 35.2 Å². The van der Waals surface area contributed by atoms with Gasteiger partial charge in [-0.3, -0.25) is 0 Å². The molecular formula is C13H8BrClFNOS. The molecule has 0 saturated carbocycles. The van der Waals surface area contributed by atoms with Gasteiger partial charge in [0.2, 0.25) is 0 Å². The summed E-state index contributed by atoms with van der Waals surface area (Å²) in [5.41, 5.74) is 5.87. The van der Waals surface area contributed by atoms with E-state index in [0.29, 0.717) is 16.3 Å². The highest BCUT2D eigenvalue weighted by atomic mass is 79.9. The largest absolute Gasteiger partial charge is 0.453 e. The Morgan fingerprint density at radius 2 is 1.89 bits per heavy atom. The SMILES string of the molecule is NC(=S)c1ccc(Oc2ccc(Br)cc2Cl)c(F)c1. The van der Waals surface area contributed by atoms with Gasteiger partial charge in [-0.25, -0.2) is 4.39 Å². The fourth-order valence-electron chi connectivity index (χ4n) is 1.41. The van der Waals surface area contributed by atoms with E-state index in [-0.39, 0.29) is 10.7 Å². The van der Waals surface area contributed by atoms with Crippen molar-refractivity contribution in [1.29, 1.82) is 0 Å². The molecule has 0 radical (unpaired) electrons. The summed E-state index contributed by atoms with van der Waals surface area (Å²) in [7, 11) is 0. The van der Waals surface area contributed by atoms with Crippen LogP contribution in [0.25, 0.3) is 0 Å². The van der Waals surface area contributed by atoms with Gasteiger partial charge in [0.1, 0.15) is 10.7 Å². The summed E-state index contributed by atoms with van der Waals surface area (Å²) in [5.74, 6) is -0.125. The van der Waals surface area contributed by atoms with Crippen LogP contribution in [0.4, 0.5) is 4.39 Å². The molecule has 0 atom stereocenters. The zero-order valence-corrected chi connectivity index (χ0v) is 12.7. The molecule has 2 rings (SSSR count). The van der Waals surface area contributed by atoms with E-state index in [0.717, 1.165) is 4.47 Å². The van der Waals surface area contributed by atoms with Crippen LogP contribution >= 0.6 is 39.7 Å². The van der Waals surface area contributed by atoms with E-state index in [4.69, 9.17) is 34.3 Å². The van der Waals surface area contributed by atoms with Crippen LogP contribution < -0.4 is 10.5 Å². The van der Waals surface area contributed by atoms with E-state index in [9.17, 15) is 4.39 Å². The Balaban J connectivity index is 2.31. The summed E-state index contributed by atoms with van der Waals surface area (Å²) in [4.78, 5) is 0.132. The van der Waals surface area contributed by atoms with Crippen LogP contribution in [0, 0.1) is 5.82 Å². The summed E-state index contributed by atoms with van der Waals surface area (Å²) in [6.45, 7) is 0. The van der Waals surface area contributed by atoms with Crippen molar-refractivity contribution in [3.63, 3.8) is 0 Å². The molecule has 0 heterocycles. The van der Waals surface area contributed by atoms with Crippen molar-refractivity contribution in [2.75, 3.05) is 0 Å². The molecule has 19 heavy (non-hydrogen) atoms. The van der Waals surface area contributed by atoms with Crippen LogP contribution in [-0.4, -0.2) is 4.99 Å². The van der Waals surface area contributed by atoms with Gasteiger partial charge >= 0.3 is 0 Å². The maximum absolute atomic E-state index is 13.8. The van der Waals surface area contributed by atoms with E-state index < -0.39 is 5.82 Å². The molecule has 0 aliphatic heterocycles. The highest BCUT2D eigenvalue weighted by molar-refractivity contribution is 9.10. The first-order valence-electron chi connectivity index (χ1n) is 5.19. The van der Waals surface area contributed by atoms with Gasteiger partial charge in [-0.1, -0.05) is 39.7 Å². The third-order valence-corrected chi connectivity index (χ3v) is 3.35. The molecule has 0 unspecified atom stereocenters. The van der Waals surface area contributed by atoms with Crippen LogP contribution in [0.15, 0.2) is 40.9 Å². The Labute approximate surface area is 128 Å². The highest BCUT2D eigenvalue weighted by Gasteiger charge is 2.09. The molecule has 2 N–H and O–H groups in total. The van der Waals surface area contributed by atoms with Gasteiger partial charge in [0.05, 0.1) is 5.02 Å². The number of nitrogens with two attached hydrogens (primary N) is 1. The van der Waals surface area contributed by atoms with E-state index >= 15 is 0 Å². The van der Waals surface area contributed by atoms with E-state index in [1.165, 1.54) is 12.1 Å². The predicted octanol–water partition coefficient (Wildman–Crippen LogP) is 4.67. The number of thiocarbonyl (C=S) groups is 1. The first-order chi connectivity index (χ1) is 8.97. The highest BCUT2D eigenvalue weighted by Crippen LogP contribution is 2.32. The molecule has 0 fully saturated rings. The first-order valence-corrected chi connectivity index (χ1v) is 6.77. The minimum absolute atomic E-state index is 0.0595. The summed E-state index contributed by atoms with van der Waals surface area (Å²) >= 11 is 14.0. The minimum atomic E-state index is -0.552. The van der Waals surface area contributed by atoms with Crippen molar-refractivity contribution in [3.05, 3.63) is 57.3 Å². The van der Waals surface area contributed by atoms with Gasteiger partial charge < -0.3 is 10.5 Å². The quantitative estimate of drug-likeness (QED) is 0.808. The lowest BCUT2D eigenvalue weighted by Gasteiger charge is -2.09. The second-order valence-electron chi connectivity index (χ2n) is 3.69. The van der Waals surface area contributed by atoms with Crippen molar-refractivity contribution < 1.29 is 9.13 Å². The third kappa shape index (κ3) is 3.43. The zero-order chi connectivity index (χ0) is 14.0. The average molecular weight is 361 g/mol. The molecule has 0 spiro atoms. The van der Waals surface area contributed by atoms with E-state index in [2.05, 4.69) is 15.9 Å². The summed E-state index contributed by atoms with van der Waals surface area (Å²) in [6, 6.07) is 9.34. The Bertz CT molecular complexity index is 651. The maximum atomic E-state index is 13.8. The lowest BCUT2D eigenvalue weighted by atomic mass is 10.2. The summed E-state index contributed by atoms with van der Waals surface area (Å²) in [5, 5.41) is 0.382. The van der Waals surface area contributed by atoms with Gasteiger partial charge in [-0.2, -0.15) is 0 Å². The lowest BCUT2D eigenvalue weighted by molar-refractivity contribution is 0.442. The van der Waals surface area contributed by atoms with Crippen molar-refractivity contribution >= 4 is 44.7 Å². The van der Waals surface area contributed by atoms with Crippen LogP contribution in [0.5, 0.6) is 11.5 Å². The molecule has 0 aromatic heterocycles. The molecule has 2 aromatic carbocycles. The molecule has 2 aromatic rings. The maximum Gasteiger partial charge on any atom is 0.166 e. The monoisotopic (exact) mass is 359 g/mol. The van der Waals surface area contributed by atoms with E-state index in [1.807, 2.05) is 0 Å². The van der Waals surface area contributed by atoms with Gasteiger partial charge in [-0.15, -0.1) is 0 Å². The number of ether oxygens (including phenoxy) is 1. The van der Waals surface area contributed by atoms with Gasteiger partial charge in [0, 0.05) is 10.0 Å². The fourth-order valence-corrected chi connectivity index (χ4v) is 2.25. The Morgan fingerprint density at radius 3 is 2.47 bits per heavy atom. The minimum Gasteiger partial charge on any atom is -0.453 e. The third-order valence-electron chi connectivity index (χ3n) is 2.33. The summed E-state index contributed by atoms with van der Waals surface area (Å²) < 4.78 is 20.0. The van der Waals surface area contributed by atoms with Crippen LogP contribution in [0.3, 0.4) is 0 Å². The molecule has 0 saturated heterocycles. The molecule has 0 aliphatic carbocycles. The number of hydrogen-bond donors (Lipinski definition) is 1. The molecule has 98 valence electrons. The zero-order valence-electron chi connectivity index (χ0n) is 9.49. The van der Waals surface area contributed by atoms with Crippen LogP contribution in [0.2, 0.25) is 5.02 Å². The molecule has 6 heteroatoms. The Kier molecular flexibility index (Phi) is 4.39. The first kappa shape index (κ1) is 14.2. The Hall–Kier alpha value is -1.17. The predicted molar refractivity (Wildman–Crippen MR) is 81.5 cm³/mol. The van der Waals surface area contributed by atoms with Crippen molar-refractivity contribution in [2.24, 2.45) is 5.73 Å². The number of halogens is 3. The second-order valence-corrected chi connectivity index (χ2v) is 5.45. The van der Waals surface area contributed by atoms with Gasteiger partial charge in [0.15, 0.2) is 11.6 Å². The van der Waals surface area contributed by atoms with Crippen molar-refractivity contribution in [1.82, 2.24) is 0 Å². The molecule has 0 bridgehead atoms. The standard InChI is InChI=1S/C13H8BrClFNOS/c14-8-2-4-11(9(15)6-8)18-12-3-1-7(13(17)19)5-10(12)16/h1-6H,(H2,17,19). The normalized spacial score (nSPS) is 10.3. The number of hydrogen-bond acceptors (Lipinski definition) is 2. The number of benzene rings is 2. The van der Waals surface area contributed by atoms with Gasteiger partial charge in [0.25, 0.3) is 0 Å².